The summed E-state index contributed by atoms with van der Waals surface area (Å²) in [4.78, 5) is 42.9. The number of nitrogens with zero attached hydrogens (tertiary/aromatic N) is 5. The molecule has 3 N–H and O–H groups in total. The molecule has 0 saturated carbocycles. The van der Waals surface area contributed by atoms with Gasteiger partial charge in [-0.15, -0.1) is 6.58 Å². The zero-order valence-electron chi connectivity index (χ0n) is 16.8. The molecule has 0 saturated heterocycles. The van der Waals surface area contributed by atoms with Crippen LogP contribution in [-0.4, -0.2) is 51.3 Å². The number of nitrogens with two attached hydrogens (primary N) is 1. The van der Waals surface area contributed by atoms with Gasteiger partial charge in [-0.05, 0) is 25.5 Å². The molecule has 156 valence electrons. The van der Waals surface area contributed by atoms with Gasteiger partial charge in [0.2, 0.25) is 11.8 Å². The fourth-order valence-electron chi connectivity index (χ4n) is 2.81. The van der Waals surface area contributed by atoms with Crippen LogP contribution in [0.5, 0.6) is 5.88 Å². The highest BCUT2D eigenvalue weighted by Crippen LogP contribution is 2.32. The molecule has 1 aliphatic heterocycles. The number of amides is 2. The average molecular weight is 409 g/mol. The number of aromatic nitrogens is 3. The summed E-state index contributed by atoms with van der Waals surface area (Å²) in [5.41, 5.74) is 6.07. The molecule has 0 spiro atoms. The van der Waals surface area contributed by atoms with Crippen molar-refractivity contribution in [2.24, 2.45) is 10.7 Å². The van der Waals surface area contributed by atoms with Crippen molar-refractivity contribution in [3.05, 3.63) is 54.8 Å². The van der Waals surface area contributed by atoms with Crippen LogP contribution >= 0.6 is 0 Å². The molecule has 0 radical (unpaired) electrons. The standard InChI is InChI=1S/C20H23N7O3/c1-4-5-8-30-16-12-23-14(11-24-16)18(29)25-13-6-7-22-15(9-13)20(2)10-17(28)27(3)19(21)26-20/h4,6-7,9,11-12H,1,5,8,10H2,2-3H3,(H2,21,26)(H,22,25,29). The van der Waals surface area contributed by atoms with Gasteiger partial charge in [-0.1, -0.05) is 6.08 Å². The lowest BCUT2D eigenvalue weighted by Gasteiger charge is -2.32. The van der Waals surface area contributed by atoms with E-state index in [1.807, 2.05) is 0 Å². The maximum atomic E-state index is 12.5. The summed E-state index contributed by atoms with van der Waals surface area (Å²) >= 11 is 0. The minimum Gasteiger partial charge on any atom is -0.476 e. The number of hydrogen-bond acceptors (Lipinski definition) is 8. The van der Waals surface area contributed by atoms with E-state index in [4.69, 9.17) is 10.5 Å². The van der Waals surface area contributed by atoms with Crippen molar-refractivity contribution in [1.29, 1.82) is 0 Å². The number of hydrogen-bond donors (Lipinski definition) is 2. The zero-order chi connectivity index (χ0) is 21.7. The number of carbonyl (C=O) groups excluding carboxylic acids is 2. The van der Waals surface area contributed by atoms with E-state index in [1.54, 1.807) is 32.2 Å². The van der Waals surface area contributed by atoms with Gasteiger partial charge in [0, 0.05) is 18.9 Å². The van der Waals surface area contributed by atoms with E-state index in [0.29, 0.717) is 30.3 Å². The number of carbonyl (C=O) groups is 2. The van der Waals surface area contributed by atoms with Crippen LogP contribution in [-0.2, 0) is 10.3 Å². The summed E-state index contributed by atoms with van der Waals surface area (Å²) in [6.07, 6.45) is 6.80. The Balaban J connectivity index is 1.73. The second kappa shape index (κ2) is 8.68. The summed E-state index contributed by atoms with van der Waals surface area (Å²) in [6, 6.07) is 3.29. The molecule has 10 nitrogen and oxygen atoms in total. The number of nitrogens with one attached hydrogen (secondary N) is 1. The van der Waals surface area contributed by atoms with Crippen molar-refractivity contribution in [3.8, 4) is 5.88 Å². The third-order valence-corrected chi connectivity index (χ3v) is 4.58. The van der Waals surface area contributed by atoms with Crippen molar-refractivity contribution < 1.29 is 14.3 Å². The molecule has 2 aromatic rings. The lowest BCUT2D eigenvalue weighted by atomic mass is 9.91. The minimum atomic E-state index is -0.918. The second-order valence-corrected chi connectivity index (χ2v) is 6.92. The zero-order valence-corrected chi connectivity index (χ0v) is 16.8. The van der Waals surface area contributed by atoms with E-state index < -0.39 is 11.4 Å². The second-order valence-electron chi connectivity index (χ2n) is 6.92. The van der Waals surface area contributed by atoms with Gasteiger partial charge in [-0.2, -0.15) is 0 Å². The van der Waals surface area contributed by atoms with Crippen LogP contribution in [0.25, 0.3) is 0 Å². The van der Waals surface area contributed by atoms with Gasteiger partial charge in [-0.3, -0.25) is 19.5 Å². The van der Waals surface area contributed by atoms with Gasteiger partial charge < -0.3 is 15.8 Å². The molecular weight excluding hydrogens is 386 g/mol. The molecule has 1 unspecified atom stereocenters. The Labute approximate surface area is 173 Å². The quantitative estimate of drug-likeness (QED) is 0.522. The van der Waals surface area contributed by atoms with Gasteiger partial charge in [0.15, 0.2) is 5.96 Å². The predicted octanol–water partition coefficient (Wildman–Crippen LogP) is 1.47. The van der Waals surface area contributed by atoms with Crippen molar-refractivity contribution in [1.82, 2.24) is 19.9 Å². The lowest BCUT2D eigenvalue weighted by molar-refractivity contribution is -0.128. The Kier molecular flexibility index (Phi) is 6.05. The molecule has 3 rings (SSSR count). The number of aliphatic imine (C=N–C) groups is 1. The Morgan fingerprint density at radius 2 is 2.20 bits per heavy atom. The maximum Gasteiger partial charge on any atom is 0.275 e. The molecule has 10 heteroatoms. The Bertz CT molecular complexity index is 990. The third-order valence-electron chi connectivity index (χ3n) is 4.58. The Morgan fingerprint density at radius 3 is 2.87 bits per heavy atom. The first-order valence-corrected chi connectivity index (χ1v) is 9.28. The topological polar surface area (TPSA) is 136 Å². The number of ether oxygens (including phenoxy) is 1. The number of pyridine rings is 1. The van der Waals surface area contributed by atoms with Crippen LogP contribution in [0, 0.1) is 0 Å². The van der Waals surface area contributed by atoms with Crippen molar-refractivity contribution in [2.75, 3.05) is 19.0 Å². The molecule has 0 bridgehead atoms. The van der Waals surface area contributed by atoms with Crippen LogP contribution < -0.4 is 15.8 Å². The van der Waals surface area contributed by atoms with Gasteiger partial charge in [0.1, 0.15) is 11.2 Å². The molecule has 1 atom stereocenters. The summed E-state index contributed by atoms with van der Waals surface area (Å²) < 4.78 is 5.38. The van der Waals surface area contributed by atoms with E-state index in [0.717, 1.165) is 0 Å². The molecule has 2 aromatic heterocycles. The maximum absolute atomic E-state index is 12.5. The molecule has 30 heavy (non-hydrogen) atoms. The van der Waals surface area contributed by atoms with Crippen LogP contribution in [0.3, 0.4) is 0 Å². The average Bonchev–Trinajstić information content (AvgIpc) is 2.73. The molecule has 0 fully saturated rings. The Hall–Kier alpha value is -3.82. The van der Waals surface area contributed by atoms with Crippen molar-refractivity contribution in [3.63, 3.8) is 0 Å². The molecule has 0 aliphatic carbocycles. The van der Waals surface area contributed by atoms with E-state index in [-0.39, 0.29) is 24.0 Å². The van der Waals surface area contributed by atoms with Crippen LogP contribution in [0.15, 0.2) is 48.4 Å². The van der Waals surface area contributed by atoms with E-state index >= 15 is 0 Å². The monoisotopic (exact) mass is 409 g/mol. The highest BCUT2D eigenvalue weighted by Gasteiger charge is 2.37. The number of guanidine groups is 1. The number of anilines is 1. The normalized spacial score (nSPS) is 18.5. The van der Waals surface area contributed by atoms with Gasteiger partial charge in [0.05, 0.1) is 31.1 Å². The highest BCUT2D eigenvalue weighted by atomic mass is 16.5. The summed E-state index contributed by atoms with van der Waals surface area (Å²) in [5, 5.41) is 2.75. The van der Waals surface area contributed by atoms with Crippen molar-refractivity contribution in [2.45, 2.75) is 25.3 Å². The molecule has 2 amide bonds. The fourth-order valence-corrected chi connectivity index (χ4v) is 2.81. The summed E-state index contributed by atoms with van der Waals surface area (Å²) in [5.74, 6) is -0.151. The largest absolute Gasteiger partial charge is 0.476 e. The van der Waals surface area contributed by atoms with Crippen LogP contribution in [0.4, 0.5) is 5.69 Å². The third kappa shape index (κ3) is 4.59. The predicted molar refractivity (Wildman–Crippen MR) is 111 cm³/mol. The SMILES string of the molecule is C=CCCOc1cnc(C(=O)Nc2ccnc(C3(C)CC(=O)N(C)C(N)=N3)c2)cn1. The molecular formula is C20H23N7O3. The first-order chi connectivity index (χ1) is 14.3. The van der Waals surface area contributed by atoms with Gasteiger partial charge in [-0.25, -0.2) is 15.0 Å². The number of rotatable bonds is 7. The first kappa shape index (κ1) is 20.9. The first-order valence-electron chi connectivity index (χ1n) is 9.28. The van der Waals surface area contributed by atoms with E-state index in [9.17, 15) is 9.59 Å². The van der Waals surface area contributed by atoms with Crippen LogP contribution in [0.2, 0.25) is 0 Å². The molecule has 3 heterocycles. The Morgan fingerprint density at radius 1 is 1.40 bits per heavy atom. The highest BCUT2D eigenvalue weighted by molar-refractivity contribution is 6.02. The van der Waals surface area contributed by atoms with Gasteiger partial charge >= 0.3 is 0 Å². The lowest BCUT2D eigenvalue weighted by Crippen LogP contribution is -2.47. The summed E-state index contributed by atoms with van der Waals surface area (Å²) in [6.45, 7) is 5.83. The molecule has 1 aliphatic rings. The minimum absolute atomic E-state index is 0.118. The van der Waals surface area contributed by atoms with Crippen LogP contribution in [0.1, 0.15) is 35.9 Å². The van der Waals surface area contributed by atoms with E-state index in [1.165, 1.54) is 23.5 Å². The smallest absolute Gasteiger partial charge is 0.275 e. The van der Waals surface area contributed by atoms with E-state index in [2.05, 4.69) is 31.8 Å². The summed E-state index contributed by atoms with van der Waals surface area (Å²) in [7, 11) is 1.57. The van der Waals surface area contributed by atoms with Gasteiger partial charge in [0.25, 0.3) is 5.91 Å². The fraction of sp³-hybridized carbons (Fsp3) is 0.300. The van der Waals surface area contributed by atoms with Crippen molar-refractivity contribution >= 4 is 23.5 Å². The molecule has 0 aromatic carbocycles.